The topological polar surface area (TPSA) is 166 Å². The molecule has 0 unspecified atom stereocenters. The van der Waals surface area contributed by atoms with Crippen LogP contribution in [0.25, 0.3) is 0 Å². The van der Waals surface area contributed by atoms with Crippen LogP contribution in [0, 0.1) is 7.14 Å². The van der Waals surface area contributed by atoms with E-state index >= 15 is 0 Å². The molecule has 0 saturated heterocycles. The van der Waals surface area contributed by atoms with Crippen LogP contribution < -0.4 is 30.3 Å². The van der Waals surface area contributed by atoms with Crippen LogP contribution in [0.2, 0.25) is 0 Å². The molecule has 1 aliphatic heterocycles. The number of hydrogen-bond donors (Lipinski definition) is 4. The van der Waals surface area contributed by atoms with E-state index in [0.717, 1.165) is 24.0 Å². The molecule has 0 radical (unpaired) electrons. The number of benzene rings is 3. The van der Waals surface area contributed by atoms with Crippen LogP contribution in [-0.2, 0) is 20.9 Å². The Hall–Kier alpha value is -4.10. The fraction of sp³-hybridized carbons (Fsp3) is 0.294. The quantitative estimate of drug-likeness (QED) is 0.0526. The molecule has 15 heteroatoms. The number of carbonyl (C=O) groups is 3. The number of hydrogen-bond acceptors (Lipinski definition) is 11. The highest BCUT2D eigenvalue weighted by Gasteiger charge is 2.32. The van der Waals surface area contributed by atoms with Crippen LogP contribution in [0.3, 0.4) is 0 Å². The van der Waals surface area contributed by atoms with E-state index in [1.54, 1.807) is 50.4 Å². The maximum atomic E-state index is 12.5. The number of carbonyl (C=O) groups excluding carboxylic acids is 3. The Bertz CT molecular complexity index is 1710. The lowest BCUT2D eigenvalue weighted by Gasteiger charge is -2.28. The van der Waals surface area contributed by atoms with Crippen molar-refractivity contribution in [3.05, 3.63) is 95.3 Å². The van der Waals surface area contributed by atoms with E-state index in [1.165, 1.54) is 7.11 Å². The van der Waals surface area contributed by atoms with Crippen LogP contribution in [0.5, 0.6) is 17.2 Å². The highest BCUT2D eigenvalue weighted by molar-refractivity contribution is 14.1. The summed E-state index contributed by atoms with van der Waals surface area (Å²) in [6.07, 6.45) is 0.426. The van der Waals surface area contributed by atoms with Crippen molar-refractivity contribution in [3.63, 3.8) is 0 Å². The van der Waals surface area contributed by atoms with Gasteiger partial charge in [0, 0.05) is 5.70 Å². The van der Waals surface area contributed by atoms with E-state index in [2.05, 4.69) is 66.3 Å². The summed E-state index contributed by atoms with van der Waals surface area (Å²) in [4.78, 5) is 36.5. The second kappa shape index (κ2) is 18.1. The Morgan fingerprint density at radius 1 is 0.980 bits per heavy atom. The second-order valence-electron chi connectivity index (χ2n) is 10.4. The predicted molar refractivity (Wildman–Crippen MR) is 198 cm³/mol. The van der Waals surface area contributed by atoms with Crippen molar-refractivity contribution in [1.29, 1.82) is 0 Å². The van der Waals surface area contributed by atoms with Crippen molar-refractivity contribution in [3.8, 4) is 17.2 Å². The van der Waals surface area contributed by atoms with E-state index < -0.39 is 24.3 Å². The Kier molecular flexibility index (Phi) is 13.9. The highest BCUT2D eigenvalue weighted by atomic mass is 127. The minimum Gasteiger partial charge on any atom is -0.490 e. The molecular formula is C34H36I2N4O9. The zero-order chi connectivity index (χ0) is 35.5. The Balaban J connectivity index is 1.34. The van der Waals surface area contributed by atoms with E-state index in [-0.39, 0.29) is 18.1 Å². The SMILES string of the molecule is CCOC(=O)c1ccc(COc2c(I)cc(/C=N/N[C@H](O)COc3ccc([C@H]4NC(=O)NC(C)=C4C(=O)OC)cc3OCC)cc2I)cc1. The Morgan fingerprint density at radius 2 is 1.69 bits per heavy atom. The van der Waals surface area contributed by atoms with Crippen molar-refractivity contribution in [2.75, 3.05) is 26.9 Å². The molecule has 4 rings (SSSR count). The molecule has 1 aliphatic rings. The van der Waals surface area contributed by atoms with Gasteiger partial charge in [-0.25, -0.2) is 14.4 Å². The molecule has 0 aliphatic carbocycles. The summed E-state index contributed by atoms with van der Waals surface area (Å²) in [6, 6.07) is 14.7. The molecule has 1 heterocycles. The molecule has 3 aromatic rings. The lowest BCUT2D eigenvalue weighted by atomic mass is 9.95. The second-order valence-corrected chi connectivity index (χ2v) is 12.8. The number of urea groups is 1. The zero-order valence-electron chi connectivity index (χ0n) is 27.2. The van der Waals surface area contributed by atoms with Crippen LogP contribution in [-0.4, -0.2) is 62.4 Å². The predicted octanol–water partition coefficient (Wildman–Crippen LogP) is 5.17. The number of rotatable bonds is 15. The fourth-order valence-corrected chi connectivity index (χ4v) is 6.85. The normalized spacial score (nSPS) is 14.8. The number of amides is 2. The molecule has 4 N–H and O–H groups in total. The van der Waals surface area contributed by atoms with Crippen LogP contribution >= 0.6 is 45.2 Å². The summed E-state index contributed by atoms with van der Waals surface area (Å²) in [6.45, 7) is 6.02. The molecule has 0 spiro atoms. The monoisotopic (exact) mass is 898 g/mol. The number of aliphatic hydroxyl groups excluding tert-OH is 1. The maximum Gasteiger partial charge on any atom is 0.338 e. The minimum atomic E-state index is -1.15. The van der Waals surface area contributed by atoms with Gasteiger partial charge < -0.3 is 39.4 Å². The van der Waals surface area contributed by atoms with E-state index in [0.29, 0.717) is 48.1 Å². The van der Waals surface area contributed by atoms with E-state index in [4.69, 9.17) is 23.7 Å². The van der Waals surface area contributed by atoms with Crippen molar-refractivity contribution in [2.45, 2.75) is 39.6 Å². The van der Waals surface area contributed by atoms with Crippen LogP contribution in [0.1, 0.15) is 53.9 Å². The largest absolute Gasteiger partial charge is 0.490 e. The first-order chi connectivity index (χ1) is 23.5. The fourth-order valence-electron chi connectivity index (χ4n) is 4.72. The Labute approximate surface area is 311 Å². The maximum absolute atomic E-state index is 12.5. The van der Waals surface area contributed by atoms with Crippen LogP contribution in [0.15, 0.2) is 71.0 Å². The van der Waals surface area contributed by atoms with Gasteiger partial charge in [0.15, 0.2) is 17.7 Å². The number of nitrogens with one attached hydrogen (secondary N) is 3. The van der Waals surface area contributed by atoms with E-state index in [1.807, 2.05) is 31.2 Å². The van der Waals surface area contributed by atoms with Crippen LogP contribution in [0.4, 0.5) is 4.79 Å². The number of aliphatic hydroxyl groups is 1. The van der Waals surface area contributed by atoms with Gasteiger partial charge in [-0.2, -0.15) is 5.10 Å². The minimum absolute atomic E-state index is 0.157. The summed E-state index contributed by atoms with van der Waals surface area (Å²) in [5, 5.41) is 20.0. The molecule has 13 nitrogen and oxygen atoms in total. The molecule has 0 saturated carbocycles. The van der Waals surface area contributed by atoms with Gasteiger partial charge in [0.2, 0.25) is 0 Å². The molecule has 3 aromatic carbocycles. The smallest absolute Gasteiger partial charge is 0.338 e. The number of hydrazone groups is 1. The van der Waals surface area contributed by atoms with Gasteiger partial charge >= 0.3 is 18.0 Å². The first-order valence-electron chi connectivity index (χ1n) is 15.1. The van der Waals surface area contributed by atoms with Crippen molar-refractivity contribution in [1.82, 2.24) is 16.1 Å². The Morgan fingerprint density at radius 3 is 2.35 bits per heavy atom. The van der Waals surface area contributed by atoms with Gasteiger partial charge in [-0.15, -0.1) is 0 Å². The number of esters is 2. The molecule has 49 heavy (non-hydrogen) atoms. The van der Waals surface area contributed by atoms with Gasteiger partial charge in [0.05, 0.1) is 50.9 Å². The third-order valence-corrected chi connectivity index (χ3v) is 8.58. The summed E-state index contributed by atoms with van der Waals surface area (Å²) >= 11 is 4.39. The molecule has 0 fully saturated rings. The lowest BCUT2D eigenvalue weighted by Crippen LogP contribution is -2.45. The standard InChI is InChI=1S/C34H36I2N4O9/c1-5-46-27-15-23(30-29(33(43)45-4)19(3)38-34(44)39-30)11-12-26(27)48-18-28(41)40-37-16-21-13-24(35)31(25(36)14-21)49-17-20-7-9-22(10-8-20)32(42)47-6-2/h7-16,28,30,40-41H,5-6,17-18H2,1-4H3,(H2,38,39,44)/b37-16+/t28-,30-/m1/s1. The molecule has 2 amide bonds. The summed E-state index contributed by atoms with van der Waals surface area (Å²) in [5.41, 5.74) is 6.07. The van der Waals surface area contributed by atoms with Crippen molar-refractivity contribution >= 4 is 69.4 Å². The summed E-state index contributed by atoms with van der Waals surface area (Å²) < 4.78 is 29.4. The molecule has 2 atom stereocenters. The molecule has 0 aromatic heterocycles. The first-order valence-corrected chi connectivity index (χ1v) is 17.3. The van der Waals surface area contributed by atoms with Crippen molar-refractivity contribution in [2.24, 2.45) is 5.10 Å². The van der Waals surface area contributed by atoms with Gasteiger partial charge in [-0.3, -0.25) is 5.43 Å². The number of halogens is 2. The molecular weight excluding hydrogens is 862 g/mol. The first kappa shape index (κ1) is 37.7. The number of nitrogens with zero attached hydrogens (tertiary/aromatic N) is 1. The average molecular weight is 898 g/mol. The zero-order valence-corrected chi connectivity index (χ0v) is 31.5. The lowest BCUT2D eigenvalue weighted by molar-refractivity contribution is -0.136. The van der Waals surface area contributed by atoms with Gasteiger partial charge in [-0.1, -0.05) is 18.2 Å². The van der Waals surface area contributed by atoms with Gasteiger partial charge in [0.1, 0.15) is 19.0 Å². The summed E-state index contributed by atoms with van der Waals surface area (Å²) in [7, 11) is 1.27. The molecule has 260 valence electrons. The third-order valence-electron chi connectivity index (χ3n) is 6.98. The third kappa shape index (κ3) is 10.2. The number of ether oxygens (including phenoxy) is 5. The van der Waals surface area contributed by atoms with Gasteiger partial charge in [-0.05, 0) is 119 Å². The highest BCUT2D eigenvalue weighted by Crippen LogP contribution is 2.35. The van der Waals surface area contributed by atoms with Crippen molar-refractivity contribution < 1.29 is 43.2 Å². The number of allylic oxidation sites excluding steroid dienone is 1. The van der Waals surface area contributed by atoms with Gasteiger partial charge in [0.25, 0.3) is 0 Å². The van der Waals surface area contributed by atoms with E-state index in [9.17, 15) is 19.5 Å². The molecule has 0 bridgehead atoms. The average Bonchev–Trinajstić information content (AvgIpc) is 3.07. The number of methoxy groups -OCH3 is 1. The summed E-state index contributed by atoms with van der Waals surface area (Å²) in [5.74, 6) is 0.507.